The fraction of sp³-hybridized carbons (Fsp3) is 0.0667. The van der Waals surface area contributed by atoms with Crippen LogP contribution in [0.3, 0.4) is 0 Å². The third kappa shape index (κ3) is 3.55. The Bertz CT molecular complexity index is 704. The molecule has 0 radical (unpaired) electrons. The summed E-state index contributed by atoms with van der Waals surface area (Å²) in [6.45, 7) is 0. The van der Waals surface area contributed by atoms with Gasteiger partial charge in [-0.25, -0.2) is 4.39 Å². The van der Waals surface area contributed by atoms with Crippen molar-refractivity contribution >= 4 is 28.8 Å². The van der Waals surface area contributed by atoms with Gasteiger partial charge < -0.3 is 15.8 Å². The van der Waals surface area contributed by atoms with Crippen molar-refractivity contribution in [3.8, 4) is 5.75 Å². The Morgan fingerprint density at radius 3 is 2.71 bits per heavy atom. The number of amides is 1. The molecule has 0 heterocycles. The summed E-state index contributed by atoms with van der Waals surface area (Å²) in [5.74, 6) is -0.290. The maximum Gasteiger partial charge on any atom is 0.255 e. The molecule has 2 aromatic carbocycles. The van der Waals surface area contributed by atoms with Gasteiger partial charge in [0.15, 0.2) is 0 Å². The molecule has 0 saturated carbocycles. The van der Waals surface area contributed by atoms with Gasteiger partial charge in [-0.15, -0.1) is 0 Å². The minimum absolute atomic E-state index is 0.0648. The van der Waals surface area contributed by atoms with Crippen molar-refractivity contribution in [1.29, 1.82) is 0 Å². The van der Waals surface area contributed by atoms with Gasteiger partial charge in [-0.05, 0) is 36.4 Å². The smallest absolute Gasteiger partial charge is 0.255 e. The highest BCUT2D eigenvalue weighted by Crippen LogP contribution is 2.17. The lowest BCUT2D eigenvalue weighted by Crippen LogP contribution is -2.15. The van der Waals surface area contributed by atoms with Crippen LogP contribution in [0.1, 0.15) is 15.9 Å². The number of halogens is 1. The van der Waals surface area contributed by atoms with E-state index in [1.54, 1.807) is 24.3 Å². The summed E-state index contributed by atoms with van der Waals surface area (Å²) in [6, 6.07) is 10.7. The number of anilines is 1. The highest BCUT2D eigenvalue weighted by molar-refractivity contribution is 7.80. The molecule has 4 nitrogen and oxygen atoms in total. The van der Waals surface area contributed by atoms with E-state index in [0.717, 1.165) is 0 Å². The Kier molecular flexibility index (Phi) is 4.49. The lowest BCUT2D eigenvalue weighted by Gasteiger charge is -2.08. The fourth-order valence-electron chi connectivity index (χ4n) is 1.76. The van der Waals surface area contributed by atoms with E-state index in [-0.39, 0.29) is 16.5 Å². The highest BCUT2D eigenvalue weighted by atomic mass is 32.1. The van der Waals surface area contributed by atoms with Gasteiger partial charge in [-0.3, -0.25) is 4.79 Å². The summed E-state index contributed by atoms with van der Waals surface area (Å²) >= 11 is 4.76. The third-order valence-corrected chi connectivity index (χ3v) is 3.04. The average molecular weight is 304 g/mol. The quantitative estimate of drug-likeness (QED) is 0.853. The van der Waals surface area contributed by atoms with Crippen molar-refractivity contribution < 1.29 is 13.9 Å². The Morgan fingerprint density at radius 2 is 2.05 bits per heavy atom. The first-order valence-corrected chi connectivity index (χ1v) is 6.47. The molecule has 108 valence electrons. The molecular formula is C15H13FN2O2S. The molecule has 0 aliphatic carbocycles. The first-order chi connectivity index (χ1) is 10.0. The largest absolute Gasteiger partial charge is 0.497 e. The van der Waals surface area contributed by atoms with E-state index in [2.05, 4.69) is 5.32 Å². The van der Waals surface area contributed by atoms with Crippen LogP contribution in [0.2, 0.25) is 0 Å². The van der Waals surface area contributed by atoms with Crippen LogP contribution in [0, 0.1) is 5.82 Å². The van der Waals surface area contributed by atoms with Gasteiger partial charge in [0.25, 0.3) is 5.91 Å². The molecule has 2 aromatic rings. The summed E-state index contributed by atoms with van der Waals surface area (Å²) < 4.78 is 18.5. The second kappa shape index (κ2) is 6.32. The second-order valence-corrected chi connectivity index (χ2v) is 4.68. The molecule has 1 amide bonds. The lowest BCUT2D eigenvalue weighted by molar-refractivity contribution is 0.102. The summed E-state index contributed by atoms with van der Waals surface area (Å²) in [5, 5.41) is 2.66. The fourth-order valence-corrected chi connectivity index (χ4v) is 1.92. The number of hydrogen-bond donors (Lipinski definition) is 2. The van der Waals surface area contributed by atoms with E-state index in [1.165, 1.54) is 25.3 Å². The van der Waals surface area contributed by atoms with Crippen LogP contribution in [0.5, 0.6) is 5.75 Å². The number of carbonyl (C=O) groups is 1. The van der Waals surface area contributed by atoms with Crippen LogP contribution in [0.4, 0.5) is 10.1 Å². The molecule has 2 rings (SSSR count). The van der Waals surface area contributed by atoms with E-state index in [0.29, 0.717) is 17.0 Å². The zero-order valence-electron chi connectivity index (χ0n) is 11.2. The summed E-state index contributed by atoms with van der Waals surface area (Å²) in [4.78, 5) is 12.1. The van der Waals surface area contributed by atoms with E-state index >= 15 is 0 Å². The minimum atomic E-state index is -0.526. The normalized spacial score (nSPS) is 10.0. The number of thiocarbonyl (C=S) groups is 1. The van der Waals surface area contributed by atoms with Crippen molar-refractivity contribution in [2.45, 2.75) is 0 Å². The zero-order chi connectivity index (χ0) is 15.4. The average Bonchev–Trinajstić information content (AvgIpc) is 2.49. The minimum Gasteiger partial charge on any atom is -0.497 e. The predicted molar refractivity (Wildman–Crippen MR) is 83.2 cm³/mol. The first kappa shape index (κ1) is 14.9. The van der Waals surface area contributed by atoms with Crippen LogP contribution in [-0.4, -0.2) is 18.0 Å². The summed E-state index contributed by atoms with van der Waals surface area (Å²) in [7, 11) is 1.52. The molecule has 0 spiro atoms. The molecule has 6 heteroatoms. The Morgan fingerprint density at radius 1 is 1.29 bits per heavy atom. The number of carbonyl (C=O) groups excluding carboxylic acids is 1. The number of hydrogen-bond acceptors (Lipinski definition) is 3. The molecule has 3 N–H and O–H groups in total. The van der Waals surface area contributed by atoms with E-state index in [9.17, 15) is 9.18 Å². The molecule has 0 aliphatic rings. The van der Waals surface area contributed by atoms with Crippen molar-refractivity contribution in [3.63, 3.8) is 0 Å². The predicted octanol–water partition coefficient (Wildman–Crippen LogP) is 2.72. The van der Waals surface area contributed by atoms with Crippen molar-refractivity contribution in [2.24, 2.45) is 5.73 Å². The van der Waals surface area contributed by atoms with Crippen LogP contribution in [0.25, 0.3) is 0 Å². The van der Waals surface area contributed by atoms with Crippen molar-refractivity contribution in [2.75, 3.05) is 12.4 Å². The van der Waals surface area contributed by atoms with Gasteiger partial charge in [0, 0.05) is 16.8 Å². The van der Waals surface area contributed by atoms with Crippen molar-refractivity contribution in [1.82, 2.24) is 0 Å². The monoisotopic (exact) mass is 304 g/mol. The molecule has 0 saturated heterocycles. The molecule has 0 atom stereocenters. The molecule has 21 heavy (non-hydrogen) atoms. The van der Waals surface area contributed by atoms with Crippen LogP contribution < -0.4 is 15.8 Å². The summed E-state index contributed by atoms with van der Waals surface area (Å²) in [5.41, 5.74) is 6.35. The molecule has 0 aliphatic heterocycles. The number of methoxy groups -OCH3 is 1. The number of nitrogens with one attached hydrogen (secondary N) is 1. The Balaban J connectivity index is 2.23. The molecule has 0 unspecified atom stereocenters. The second-order valence-electron chi connectivity index (χ2n) is 4.24. The molecule has 0 fully saturated rings. The zero-order valence-corrected chi connectivity index (χ0v) is 12.0. The lowest BCUT2D eigenvalue weighted by atomic mass is 10.1. The van der Waals surface area contributed by atoms with Crippen LogP contribution in [0.15, 0.2) is 42.5 Å². The number of rotatable bonds is 4. The maximum absolute atomic E-state index is 13.5. The van der Waals surface area contributed by atoms with Gasteiger partial charge in [0.1, 0.15) is 16.6 Å². The Hall–Kier alpha value is -2.47. The van der Waals surface area contributed by atoms with E-state index < -0.39 is 5.82 Å². The SMILES string of the molecule is COc1cccc(C(=O)Nc2ccc(F)c(C(N)=S)c2)c1. The highest BCUT2D eigenvalue weighted by Gasteiger charge is 2.10. The van der Waals surface area contributed by atoms with Gasteiger partial charge >= 0.3 is 0 Å². The maximum atomic E-state index is 13.5. The number of nitrogens with two attached hydrogens (primary N) is 1. The standard InChI is InChI=1S/C15H13FN2O2S/c1-20-11-4-2-3-9(7-11)15(19)18-10-5-6-13(16)12(8-10)14(17)21/h2-8H,1H3,(H2,17,21)(H,18,19). The van der Waals surface area contributed by atoms with Crippen LogP contribution >= 0.6 is 12.2 Å². The number of ether oxygens (including phenoxy) is 1. The first-order valence-electron chi connectivity index (χ1n) is 6.06. The summed E-state index contributed by atoms with van der Waals surface area (Å²) in [6.07, 6.45) is 0. The Labute approximate surface area is 126 Å². The van der Waals surface area contributed by atoms with E-state index in [1.807, 2.05) is 0 Å². The molecule has 0 aromatic heterocycles. The van der Waals surface area contributed by atoms with E-state index in [4.69, 9.17) is 22.7 Å². The van der Waals surface area contributed by atoms with Gasteiger partial charge in [0.2, 0.25) is 0 Å². The van der Waals surface area contributed by atoms with Crippen molar-refractivity contribution in [3.05, 3.63) is 59.4 Å². The number of benzene rings is 2. The molecular weight excluding hydrogens is 291 g/mol. The topological polar surface area (TPSA) is 64.3 Å². The van der Waals surface area contributed by atoms with Crippen LogP contribution in [-0.2, 0) is 0 Å². The molecule has 0 bridgehead atoms. The third-order valence-electron chi connectivity index (χ3n) is 2.82. The van der Waals surface area contributed by atoms with Gasteiger partial charge in [-0.2, -0.15) is 0 Å². The van der Waals surface area contributed by atoms with Gasteiger partial charge in [0.05, 0.1) is 7.11 Å². The van der Waals surface area contributed by atoms with Gasteiger partial charge in [-0.1, -0.05) is 18.3 Å².